The van der Waals surface area contributed by atoms with Gasteiger partial charge in [-0.2, -0.15) is 0 Å². The zero-order valence-corrected chi connectivity index (χ0v) is 31.7. The zero-order valence-electron chi connectivity index (χ0n) is 31.7. The van der Waals surface area contributed by atoms with E-state index in [1.807, 2.05) is 0 Å². The maximum absolute atomic E-state index is 12.1. The first-order valence-corrected chi connectivity index (χ1v) is 17.9. The van der Waals surface area contributed by atoms with Crippen molar-refractivity contribution in [2.24, 2.45) is 0 Å². The predicted octanol–water partition coefficient (Wildman–Crippen LogP) is 6.85. The molecule has 9 aromatic rings. The molecule has 0 fully saturated rings. The maximum atomic E-state index is 12.1. The molecule has 0 amide bonds. The van der Waals surface area contributed by atoms with Crippen LogP contribution in [0.15, 0.2) is 137 Å². The summed E-state index contributed by atoms with van der Waals surface area (Å²) in [4.78, 5) is 36.1. The molecule has 3 aromatic heterocycles. The highest BCUT2D eigenvalue weighted by molar-refractivity contribution is 5.88. The highest BCUT2D eigenvalue weighted by Gasteiger charge is 2.17. The van der Waals surface area contributed by atoms with Gasteiger partial charge in [0.1, 0.15) is 90.4 Å². The van der Waals surface area contributed by atoms with Crippen molar-refractivity contribution in [3.8, 4) is 103 Å². The number of phenols is 12. The molecule has 9 rings (SSSR count). The summed E-state index contributed by atoms with van der Waals surface area (Å²) in [6, 6.07) is 22.5. The minimum atomic E-state index is -0.692. The van der Waals surface area contributed by atoms with Crippen molar-refractivity contribution in [3.63, 3.8) is 0 Å². The van der Waals surface area contributed by atoms with Crippen LogP contribution in [0.1, 0.15) is 0 Å². The fourth-order valence-corrected chi connectivity index (χ4v) is 6.24. The van der Waals surface area contributed by atoms with Gasteiger partial charge in [0.2, 0.25) is 0 Å². The SMILES string of the molecule is O=c1cc(-c2cc(O)c(O)c(O)c2)oc2cc(O)cc(O)c12.O=c1cc(-c2ccc(O)c(O)c2)oc2cc(O)cc(O)c12.O=c1cc(-c2ccc(O)cc2)oc2cc(O)cc(O)c12. The molecular weight excluding hydrogens is 828 g/mol. The number of rotatable bonds is 3. The highest BCUT2D eigenvalue weighted by Crippen LogP contribution is 2.40. The number of fused-ring (bicyclic) bond motifs is 3. The Morgan fingerprint density at radius 3 is 1.03 bits per heavy atom. The molecule has 6 aromatic carbocycles. The Balaban J connectivity index is 0.000000142. The number of aromatic hydroxyl groups is 12. The molecule has 63 heavy (non-hydrogen) atoms. The largest absolute Gasteiger partial charge is 0.508 e. The van der Waals surface area contributed by atoms with Gasteiger partial charge in [-0.25, -0.2) is 0 Å². The van der Waals surface area contributed by atoms with Crippen LogP contribution >= 0.6 is 0 Å². The van der Waals surface area contributed by atoms with Gasteiger partial charge in [-0.3, -0.25) is 14.4 Å². The van der Waals surface area contributed by atoms with Gasteiger partial charge in [-0.15, -0.1) is 0 Å². The van der Waals surface area contributed by atoms with Crippen molar-refractivity contribution >= 4 is 32.9 Å². The van der Waals surface area contributed by atoms with Gasteiger partial charge in [-0.1, -0.05) is 0 Å². The van der Waals surface area contributed by atoms with Crippen molar-refractivity contribution in [2.75, 3.05) is 0 Å². The third kappa shape index (κ3) is 8.52. The summed E-state index contributed by atoms with van der Waals surface area (Å²) in [6.07, 6.45) is 0. The van der Waals surface area contributed by atoms with E-state index in [9.17, 15) is 75.7 Å². The average Bonchev–Trinajstić information content (AvgIpc) is 3.20. The molecule has 3 heterocycles. The van der Waals surface area contributed by atoms with Crippen molar-refractivity contribution < 1.29 is 74.5 Å². The topological polar surface area (TPSA) is 333 Å². The summed E-state index contributed by atoms with van der Waals surface area (Å²) in [6.45, 7) is 0. The predicted molar refractivity (Wildman–Crippen MR) is 224 cm³/mol. The van der Waals surface area contributed by atoms with Gasteiger partial charge in [0.25, 0.3) is 0 Å². The number of hydrogen-bond donors (Lipinski definition) is 12. The maximum Gasteiger partial charge on any atom is 0.200 e. The molecule has 0 unspecified atom stereocenters. The first-order chi connectivity index (χ1) is 29.9. The van der Waals surface area contributed by atoms with E-state index < -0.39 is 39.3 Å². The molecule has 0 radical (unpaired) electrons. The van der Waals surface area contributed by atoms with E-state index in [1.165, 1.54) is 48.5 Å². The lowest BCUT2D eigenvalue weighted by atomic mass is 10.1. The van der Waals surface area contributed by atoms with Crippen LogP contribution in [0.4, 0.5) is 0 Å². The summed E-state index contributed by atoms with van der Waals surface area (Å²) in [5.41, 5.74) is -0.317. The zero-order chi connectivity index (χ0) is 45.4. The summed E-state index contributed by atoms with van der Waals surface area (Å²) in [7, 11) is 0. The molecule has 318 valence electrons. The lowest BCUT2D eigenvalue weighted by Crippen LogP contribution is -2.00. The monoisotopic (exact) mass is 858 g/mol. The van der Waals surface area contributed by atoms with Crippen molar-refractivity contribution in [1.82, 2.24) is 0 Å². The average molecular weight is 859 g/mol. The molecule has 0 bridgehead atoms. The lowest BCUT2D eigenvalue weighted by molar-refractivity contribution is 0.368. The van der Waals surface area contributed by atoms with Crippen LogP contribution in [0.25, 0.3) is 66.9 Å². The van der Waals surface area contributed by atoms with Gasteiger partial charge >= 0.3 is 0 Å². The van der Waals surface area contributed by atoms with Crippen molar-refractivity contribution in [1.29, 1.82) is 0 Å². The third-order valence-corrected chi connectivity index (χ3v) is 9.15. The summed E-state index contributed by atoms with van der Waals surface area (Å²) >= 11 is 0. The molecule has 0 saturated carbocycles. The van der Waals surface area contributed by atoms with Crippen LogP contribution in [0, 0.1) is 0 Å². The molecule has 0 aliphatic carbocycles. The Morgan fingerprint density at radius 2 is 0.635 bits per heavy atom. The smallest absolute Gasteiger partial charge is 0.200 e. The lowest BCUT2D eigenvalue weighted by Gasteiger charge is -2.07. The van der Waals surface area contributed by atoms with Gasteiger partial charge < -0.3 is 74.5 Å². The van der Waals surface area contributed by atoms with E-state index in [0.29, 0.717) is 11.1 Å². The summed E-state index contributed by atoms with van der Waals surface area (Å²) in [5.74, 6) is -3.87. The van der Waals surface area contributed by atoms with Crippen LogP contribution < -0.4 is 16.3 Å². The second-order valence-electron chi connectivity index (χ2n) is 13.6. The van der Waals surface area contributed by atoms with E-state index in [-0.39, 0.29) is 102 Å². The molecular formula is C45H30O18. The quantitative estimate of drug-likeness (QED) is 0.0808. The summed E-state index contributed by atoms with van der Waals surface area (Å²) < 4.78 is 16.4. The van der Waals surface area contributed by atoms with E-state index in [2.05, 4.69) is 0 Å². The minimum absolute atomic E-state index is 0.0163. The molecule has 0 atom stereocenters. The summed E-state index contributed by atoms with van der Waals surface area (Å²) in [5, 5.41) is 114. The molecule has 18 nitrogen and oxygen atoms in total. The van der Waals surface area contributed by atoms with Gasteiger partial charge in [-0.05, 0) is 54.6 Å². The van der Waals surface area contributed by atoms with Crippen LogP contribution in [0.3, 0.4) is 0 Å². The normalized spacial score (nSPS) is 10.9. The van der Waals surface area contributed by atoms with Gasteiger partial charge in [0.05, 0.1) is 0 Å². The molecule has 18 heteroatoms. The van der Waals surface area contributed by atoms with E-state index in [0.717, 1.165) is 48.5 Å². The van der Waals surface area contributed by atoms with Gasteiger partial charge in [0, 0.05) is 71.3 Å². The highest BCUT2D eigenvalue weighted by atomic mass is 16.4. The second-order valence-corrected chi connectivity index (χ2v) is 13.6. The van der Waals surface area contributed by atoms with Crippen LogP contribution in [0.5, 0.6) is 69.0 Å². The Bertz CT molecular complexity index is 3420. The van der Waals surface area contributed by atoms with E-state index >= 15 is 0 Å². The third-order valence-electron chi connectivity index (χ3n) is 9.15. The molecule has 0 aliphatic heterocycles. The fourth-order valence-electron chi connectivity index (χ4n) is 6.24. The minimum Gasteiger partial charge on any atom is -0.508 e. The Morgan fingerprint density at radius 1 is 0.286 bits per heavy atom. The first kappa shape index (κ1) is 41.7. The Hall–Kier alpha value is -9.45. The molecule has 0 aliphatic rings. The standard InChI is InChI=1S/C15H10O7.C15H10O6.C15H10O5/c16-7-3-8(17)14-9(18)5-12(22-13(14)4-7)6-1-10(19)15(21)11(20)2-6;16-8-4-11(19)15-12(20)6-13(21-14(15)5-8)7-1-2-9(17)10(18)3-7;16-9-3-1-8(2-4-9)13-7-12(19)15-11(18)5-10(17)6-14(15)20-13/h1-5,16-17,19-21H;1-6,16-19H;1-7,16-18H. The van der Waals surface area contributed by atoms with Gasteiger partial charge in [0.15, 0.2) is 45.0 Å². The Kier molecular flexibility index (Phi) is 10.8. The molecule has 0 spiro atoms. The van der Waals surface area contributed by atoms with Crippen LogP contribution in [-0.4, -0.2) is 61.3 Å². The first-order valence-electron chi connectivity index (χ1n) is 17.9. The number of phenolic OH excluding ortho intramolecular Hbond substituents is 12. The molecule has 0 saturated heterocycles. The fraction of sp³-hybridized carbons (Fsp3) is 0. The van der Waals surface area contributed by atoms with E-state index in [1.54, 1.807) is 12.1 Å². The van der Waals surface area contributed by atoms with Crippen LogP contribution in [0.2, 0.25) is 0 Å². The van der Waals surface area contributed by atoms with Crippen molar-refractivity contribution in [3.05, 3.63) is 140 Å². The second kappa shape index (κ2) is 16.3. The number of benzene rings is 6. The Labute approximate surface area is 349 Å². The molecule has 12 N–H and O–H groups in total. The number of hydrogen-bond acceptors (Lipinski definition) is 18. The van der Waals surface area contributed by atoms with Crippen molar-refractivity contribution in [2.45, 2.75) is 0 Å². The van der Waals surface area contributed by atoms with E-state index in [4.69, 9.17) is 13.3 Å². The van der Waals surface area contributed by atoms with Crippen LogP contribution in [-0.2, 0) is 0 Å².